The number of halogens is 1. The fourth-order valence-electron chi connectivity index (χ4n) is 1.53. The second kappa shape index (κ2) is 5.67. The average molecular weight is 312 g/mol. The average Bonchev–Trinajstić information content (AvgIpc) is 2.76. The molecule has 1 aromatic carbocycles. The molecular formula is C13H14BrNOS. The molecule has 0 bridgehead atoms. The monoisotopic (exact) mass is 311 g/mol. The van der Waals surface area contributed by atoms with E-state index in [9.17, 15) is 0 Å². The number of benzene rings is 1. The SMILES string of the molecule is Cc1cc(Br)ccc1OCc1ccc(CN)s1. The molecule has 2 aromatic rings. The van der Waals surface area contributed by atoms with Crippen molar-refractivity contribution in [2.75, 3.05) is 0 Å². The molecule has 0 amide bonds. The number of hydrogen-bond acceptors (Lipinski definition) is 3. The minimum atomic E-state index is 0.599. The zero-order valence-corrected chi connectivity index (χ0v) is 12.0. The third kappa shape index (κ3) is 3.31. The molecule has 0 fully saturated rings. The lowest BCUT2D eigenvalue weighted by Crippen LogP contribution is -1.95. The van der Waals surface area contributed by atoms with Crippen LogP contribution in [0.25, 0.3) is 0 Å². The molecule has 0 radical (unpaired) electrons. The van der Waals surface area contributed by atoms with Crippen LogP contribution in [0.4, 0.5) is 0 Å². The molecule has 0 aliphatic heterocycles. The van der Waals surface area contributed by atoms with Gasteiger partial charge in [0, 0.05) is 20.8 Å². The maximum absolute atomic E-state index is 5.78. The lowest BCUT2D eigenvalue weighted by molar-refractivity contribution is 0.307. The number of hydrogen-bond donors (Lipinski definition) is 1. The molecule has 0 unspecified atom stereocenters. The maximum Gasteiger partial charge on any atom is 0.122 e. The van der Waals surface area contributed by atoms with Crippen molar-refractivity contribution in [3.05, 3.63) is 50.1 Å². The number of rotatable bonds is 4. The first-order valence-electron chi connectivity index (χ1n) is 5.35. The second-order valence-electron chi connectivity index (χ2n) is 3.77. The third-order valence-corrected chi connectivity index (χ3v) is 4.00. The van der Waals surface area contributed by atoms with Crippen molar-refractivity contribution in [1.82, 2.24) is 0 Å². The Morgan fingerprint density at radius 2 is 2.00 bits per heavy atom. The van der Waals surface area contributed by atoms with Crippen LogP contribution in [0, 0.1) is 6.92 Å². The Labute approximate surface area is 114 Å². The molecule has 2 nitrogen and oxygen atoms in total. The van der Waals surface area contributed by atoms with Crippen LogP contribution in [0.1, 0.15) is 15.3 Å². The van der Waals surface area contributed by atoms with Gasteiger partial charge in [0.1, 0.15) is 12.4 Å². The minimum absolute atomic E-state index is 0.599. The van der Waals surface area contributed by atoms with Gasteiger partial charge in [0.25, 0.3) is 0 Å². The van der Waals surface area contributed by atoms with Crippen LogP contribution >= 0.6 is 27.3 Å². The summed E-state index contributed by atoms with van der Waals surface area (Å²) in [7, 11) is 0. The van der Waals surface area contributed by atoms with Crippen LogP contribution in [0.3, 0.4) is 0 Å². The van der Waals surface area contributed by atoms with Crippen LogP contribution in [0.2, 0.25) is 0 Å². The van der Waals surface area contributed by atoms with Gasteiger partial charge in [0.15, 0.2) is 0 Å². The molecule has 0 atom stereocenters. The van der Waals surface area contributed by atoms with Crippen LogP contribution in [0.5, 0.6) is 5.75 Å². The molecule has 2 N–H and O–H groups in total. The van der Waals surface area contributed by atoms with Crippen LogP contribution in [0.15, 0.2) is 34.8 Å². The molecule has 90 valence electrons. The summed E-state index contributed by atoms with van der Waals surface area (Å²) in [5, 5.41) is 0. The van der Waals surface area contributed by atoms with E-state index in [4.69, 9.17) is 10.5 Å². The quantitative estimate of drug-likeness (QED) is 0.930. The topological polar surface area (TPSA) is 35.2 Å². The summed E-state index contributed by atoms with van der Waals surface area (Å²) in [5.74, 6) is 0.927. The van der Waals surface area contributed by atoms with Crippen molar-refractivity contribution >= 4 is 27.3 Å². The Balaban J connectivity index is 2.02. The normalized spacial score (nSPS) is 10.5. The predicted octanol–water partition coefficient (Wildman–Crippen LogP) is 3.86. The van der Waals surface area contributed by atoms with E-state index in [1.807, 2.05) is 19.1 Å². The molecule has 1 aromatic heterocycles. The smallest absolute Gasteiger partial charge is 0.122 e. The van der Waals surface area contributed by atoms with Gasteiger partial charge in [0.2, 0.25) is 0 Å². The summed E-state index contributed by atoms with van der Waals surface area (Å²) >= 11 is 5.14. The Hall–Kier alpha value is -0.840. The van der Waals surface area contributed by atoms with Crippen molar-refractivity contribution in [1.29, 1.82) is 0 Å². The summed E-state index contributed by atoms with van der Waals surface area (Å²) in [5.41, 5.74) is 6.71. The van der Waals surface area contributed by atoms with Gasteiger partial charge in [-0.25, -0.2) is 0 Å². The van der Waals surface area contributed by atoms with Gasteiger partial charge in [-0.3, -0.25) is 0 Å². The molecule has 0 aliphatic carbocycles. The highest BCUT2D eigenvalue weighted by Gasteiger charge is 2.03. The fraction of sp³-hybridized carbons (Fsp3) is 0.231. The summed E-state index contributed by atoms with van der Waals surface area (Å²) in [6.07, 6.45) is 0. The van der Waals surface area contributed by atoms with E-state index in [1.165, 1.54) is 9.75 Å². The van der Waals surface area contributed by atoms with E-state index >= 15 is 0 Å². The van der Waals surface area contributed by atoms with Crippen LogP contribution in [-0.2, 0) is 13.2 Å². The van der Waals surface area contributed by atoms with Gasteiger partial charge in [0.05, 0.1) is 0 Å². The number of nitrogens with two attached hydrogens (primary N) is 1. The Bertz CT molecular complexity index is 510. The highest BCUT2D eigenvalue weighted by Crippen LogP contribution is 2.24. The molecular weight excluding hydrogens is 298 g/mol. The standard InChI is InChI=1S/C13H14BrNOS/c1-9-6-10(14)2-5-13(9)16-8-12-4-3-11(7-15)17-12/h2-6H,7-8,15H2,1H3. The Morgan fingerprint density at radius 1 is 1.24 bits per heavy atom. The van der Waals surface area contributed by atoms with Gasteiger partial charge in [-0.1, -0.05) is 15.9 Å². The van der Waals surface area contributed by atoms with Crippen molar-refractivity contribution in [2.24, 2.45) is 5.73 Å². The molecule has 1 heterocycles. The third-order valence-electron chi connectivity index (χ3n) is 2.43. The van der Waals surface area contributed by atoms with E-state index < -0.39 is 0 Å². The number of ether oxygens (including phenoxy) is 1. The van der Waals surface area contributed by atoms with Gasteiger partial charge in [-0.15, -0.1) is 11.3 Å². The van der Waals surface area contributed by atoms with Gasteiger partial charge >= 0.3 is 0 Å². The van der Waals surface area contributed by atoms with Crippen molar-refractivity contribution in [3.8, 4) is 5.75 Å². The van der Waals surface area contributed by atoms with Crippen molar-refractivity contribution < 1.29 is 4.74 Å². The van der Waals surface area contributed by atoms with Crippen molar-refractivity contribution in [3.63, 3.8) is 0 Å². The van der Waals surface area contributed by atoms with E-state index in [0.29, 0.717) is 13.2 Å². The first-order valence-corrected chi connectivity index (χ1v) is 6.96. The van der Waals surface area contributed by atoms with E-state index in [-0.39, 0.29) is 0 Å². The molecule has 4 heteroatoms. The summed E-state index contributed by atoms with van der Waals surface area (Å²) in [4.78, 5) is 2.39. The van der Waals surface area contributed by atoms with Crippen LogP contribution in [-0.4, -0.2) is 0 Å². The maximum atomic E-state index is 5.78. The first-order chi connectivity index (χ1) is 8.19. The van der Waals surface area contributed by atoms with E-state index in [1.54, 1.807) is 11.3 Å². The number of thiophene rings is 1. The van der Waals surface area contributed by atoms with Gasteiger partial charge in [-0.2, -0.15) is 0 Å². The van der Waals surface area contributed by atoms with Gasteiger partial charge < -0.3 is 10.5 Å². The minimum Gasteiger partial charge on any atom is -0.488 e. The van der Waals surface area contributed by atoms with Crippen LogP contribution < -0.4 is 10.5 Å². The number of aryl methyl sites for hydroxylation is 1. The Morgan fingerprint density at radius 3 is 2.65 bits per heavy atom. The zero-order chi connectivity index (χ0) is 12.3. The molecule has 0 aliphatic rings. The summed E-state index contributed by atoms with van der Waals surface area (Å²) in [6.45, 7) is 3.24. The van der Waals surface area contributed by atoms with E-state index in [2.05, 4.69) is 34.1 Å². The lowest BCUT2D eigenvalue weighted by atomic mass is 10.2. The summed E-state index contributed by atoms with van der Waals surface area (Å²) in [6, 6.07) is 10.1. The second-order valence-corrected chi connectivity index (χ2v) is 5.94. The first kappa shape index (κ1) is 12.6. The predicted molar refractivity (Wildman–Crippen MR) is 75.4 cm³/mol. The molecule has 17 heavy (non-hydrogen) atoms. The lowest BCUT2D eigenvalue weighted by Gasteiger charge is -2.08. The molecule has 0 saturated heterocycles. The highest BCUT2D eigenvalue weighted by molar-refractivity contribution is 9.10. The van der Waals surface area contributed by atoms with Crippen molar-refractivity contribution in [2.45, 2.75) is 20.1 Å². The van der Waals surface area contributed by atoms with E-state index in [0.717, 1.165) is 15.8 Å². The molecule has 2 rings (SSSR count). The fourth-order valence-corrected chi connectivity index (χ4v) is 2.82. The molecule has 0 saturated carbocycles. The highest BCUT2D eigenvalue weighted by atomic mass is 79.9. The largest absolute Gasteiger partial charge is 0.488 e. The summed E-state index contributed by atoms with van der Waals surface area (Å²) < 4.78 is 6.86. The zero-order valence-electron chi connectivity index (χ0n) is 9.57. The molecule has 0 spiro atoms. The Kier molecular flexibility index (Phi) is 4.20. The van der Waals surface area contributed by atoms with Gasteiger partial charge in [-0.05, 0) is 42.8 Å².